The molecule has 4 aromatic carbocycles. The minimum absolute atomic E-state index is 0.0319. The highest BCUT2D eigenvalue weighted by Gasteiger charge is 2.35. The first kappa shape index (κ1) is 33.3. The summed E-state index contributed by atoms with van der Waals surface area (Å²) in [6.45, 7) is 5.96. The molecule has 0 unspecified atom stereocenters. The minimum Gasteiger partial charge on any atom is -0.495 e. The fourth-order valence-electron chi connectivity index (χ4n) is 5.05. The Bertz CT molecular complexity index is 1680. The van der Waals surface area contributed by atoms with Gasteiger partial charge in [0.25, 0.3) is 10.0 Å². The molecule has 4 aromatic rings. The van der Waals surface area contributed by atoms with Crippen LogP contribution in [-0.2, 0) is 32.6 Å². The van der Waals surface area contributed by atoms with Crippen LogP contribution in [0.5, 0.6) is 5.75 Å². The fraction of sp³-hybridized carbons (Fsp3) is 0.278. The number of carbonyl (C=O) groups is 2. The highest BCUT2D eigenvalue weighted by atomic mass is 32.2. The van der Waals surface area contributed by atoms with Crippen molar-refractivity contribution in [3.63, 3.8) is 0 Å². The molecule has 0 aliphatic heterocycles. The number of carbonyl (C=O) groups excluding carboxylic acids is 2. The van der Waals surface area contributed by atoms with Crippen molar-refractivity contribution in [1.29, 1.82) is 0 Å². The lowest BCUT2D eigenvalue weighted by atomic mass is 10.0. The van der Waals surface area contributed by atoms with E-state index in [1.54, 1.807) is 42.5 Å². The Labute approximate surface area is 266 Å². The van der Waals surface area contributed by atoms with Gasteiger partial charge < -0.3 is 15.0 Å². The Hall–Kier alpha value is -4.63. The van der Waals surface area contributed by atoms with Crippen LogP contribution in [0.25, 0.3) is 0 Å². The number of aryl methyl sites for hydroxylation is 1. The van der Waals surface area contributed by atoms with Crippen LogP contribution in [0.3, 0.4) is 0 Å². The Kier molecular flexibility index (Phi) is 11.4. The van der Waals surface area contributed by atoms with E-state index in [0.717, 1.165) is 21.0 Å². The molecule has 4 rings (SSSR count). The maximum Gasteiger partial charge on any atom is 0.264 e. The Morgan fingerprint density at radius 3 is 2.09 bits per heavy atom. The number of para-hydroxylation sites is 2. The van der Waals surface area contributed by atoms with Crippen LogP contribution in [0.15, 0.2) is 114 Å². The number of sulfonamides is 1. The number of hydrogen-bond donors (Lipinski definition) is 1. The molecular weight excluding hydrogens is 586 g/mol. The molecule has 0 aromatic heterocycles. The molecule has 0 saturated carbocycles. The van der Waals surface area contributed by atoms with Gasteiger partial charge in [-0.1, -0.05) is 104 Å². The molecular formula is C36H41N3O5S. The summed E-state index contributed by atoms with van der Waals surface area (Å²) in [5.74, 6) is -0.333. The van der Waals surface area contributed by atoms with Crippen molar-refractivity contribution in [2.24, 2.45) is 5.92 Å². The zero-order chi connectivity index (χ0) is 32.4. The maximum absolute atomic E-state index is 14.6. The summed E-state index contributed by atoms with van der Waals surface area (Å²) in [7, 11) is -2.76. The molecule has 9 heteroatoms. The lowest BCUT2D eigenvalue weighted by Crippen LogP contribution is -2.53. The molecule has 0 spiro atoms. The average Bonchev–Trinajstić information content (AvgIpc) is 3.04. The summed E-state index contributed by atoms with van der Waals surface area (Å²) in [5, 5.41) is 3.01. The van der Waals surface area contributed by atoms with E-state index in [2.05, 4.69) is 5.32 Å². The summed E-state index contributed by atoms with van der Waals surface area (Å²) in [4.78, 5) is 30.0. The predicted molar refractivity (Wildman–Crippen MR) is 177 cm³/mol. The first-order valence-electron chi connectivity index (χ1n) is 15.0. The number of amides is 2. The number of nitrogens with one attached hydrogen (secondary N) is 1. The normalized spacial score (nSPS) is 11.9. The van der Waals surface area contributed by atoms with Crippen molar-refractivity contribution in [1.82, 2.24) is 10.2 Å². The minimum atomic E-state index is -4.22. The molecule has 2 amide bonds. The van der Waals surface area contributed by atoms with Crippen molar-refractivity contribution >= 4 is 27.5 Å². The number of benzene rings is 4. The molecule has 45 heavy (non-hydrogen) atoms. The lowest BCUT2D eigenvalue weighted by Gasteiger charge is -2.34. The van der Waals surface area contributed by atoms with Crippen molar-refractivity contribution in [2.75, 3.05) is 24.5 Å². The number of nitrogens with zero attached hydrogens (tertiary/aromatic N) is 2. The summed E-state index contributed by atoms with van der Waals surface area (Å²) in [5.41, 5.74) is 2.93. The Morgan fingerprint density at radius 2 is 1.44 bits per heavy atom. The van der Waals surface area contributed by atoms with Gasteiger partial charge in [-0.2, -0.15) is 0 Å². The molecule has 0 saturated heterocycles. The molecule has 0 bridgehead atoms. The molecule has 0 aliphatic carbocycles. The SMILES string of the molecule is COc1ccccc1N(CC(=O)N(Cc1cccc(C)c1)[C@@H](Cc1ccccc1)C(=O)NCC(C)C)S(=O)(=O)c1ccccc1. The van der Waals surface area contributed by atoms with E-state index in [1.165, 1.54) is 24.1 Å². The van der Waals surface area contributed by atoms with Gasteiger partial charge in [0.05, 0.1) is 17.7 Å². The number of rotatable bonds is 14. The monoisotopic (exact) mass is 627 g/mol. The summed E-state index contributed by atoms with van der Waals surface area (Å²) >= 11 is 0. The van der Waals surface area contributed by atoms with Gasteiger partial charge in [-0.3, -0.25) is 13.9 Å². The molecule has 0 fully saturated rings. The molecule has 1 atom stereocenters. The van der Waals surface area contributed by atoms with Crippen molar-refractivity contribution in [2.45, 2.75) is 44.7 Å². The predicted octanol–water partition coefficient (Wildman–Crippen LogP) is 5.61. The van der Waals surface area contributed by atoms with E-state index in [0.29, 0.717) is 12.3 Å². The molecule has 0 radical (unpaired) electrons. The second-order valence-corrected chi connectivity index (χ2v) is 13.2. The van der Waals surface area contributed by atoms with E-state index >= 15 is 0 Å². The first-order valence-corrected chi connectivity index (χ1v) is 16.4. The van der Waals surface area contributed by atoms with Crippen molar-refractivity contribution in [3.05, 3.63) is 126 Å². The smallest absolute Gasteiger partial charge is 0.264 e. The van der Waals surface area contributed by atoms with E-state index in [4.69, 9.17) is 4.74 Å². The summed E-state index contributed by atoms with van der Waals surface area (Å²) < 4.78 is 34.9. The van der Waals surface area contributed by atoms with Gasteiger partial charge in [-0.25, -0.2) is 8.42 Å². The molecule has 1 N–H and O–H groups in total. The second kappa shape index (κ2) is 15.4. The Morgan fingerprint density at radius 1 is 0.822 bits per heavy atom. The van der Waals surface area contributed by atoms with Crippen LogP contribution in [0.2, 0.25) is 0 Å². The van der Waals surface area contributed by atoms with Gasteiger partial charge in [0.2, 0.25) is 11.8 Å². The zero-order valence-electron chi connectivity index (χ0n) is 26.2. The fourth-order valence-corrected chi connectivity index (χ4v) is 6.50. The van der Waals surface area contributed by atoms with Gasteiger partial charge in [0.15, 0.2) is 0 Å². The van der Waals surface area contributed by atoms with E-state index < -0.39 is 28.5 Å². The largest absolute Gasteiger partial charge is 0.495 e. The topological polar surface area (TPSA) is 96.0 Å². The average molecular weight is 628 g/mol. The highest BCUT2D eigenvalue weighted by molar-refractivity contribution is 7.92. The van der Waals surface area contributed by atoms with Gasteiger partial charge >= 0.3 is 0 Å². The molecule has 236 valence electrons. The molecule has 8 nitrogen and oxygen atoms in total. The number of hydrogen-bond acceptors (Lipinski definition) is 5. The van der Waals surface area contributed by atoms with Crippen LogP contribution >= 0.6 is 0 Å². The van der Waals surface area contributed by atoms with E-state index in [-0.39, 0.29) is 35.4 Å². The van der Waals surface area contributed by atoms with Crippen LogP contribution < -0.4 is 14.4 Å². The first-order chi connectivity index (χ1) is 21.6. The van der Waals surface area contributed by atoms with E-state index in [9.17, 15) is 18.0 Å². The standard InChI is InChI=1S/C36H41N3O5S/c1-27(2)24-37-36(41)33(23-29-15-7-5-8-16-29)38(25-30-17-13-14-28(3)22-30)35(40)26-39(32-20-11-12-21-34(32)44-4)45(42,43)31-18-9-6-10-19-31/h5-22,27,33H,23-26H2,1-4H3,(H,37,41)/t33-/m0/s1. The summed E-state index contributed by atoms with van der Waals surface area (Å²) in [6.07, 6.45) is 0.252. The quantitative estimate of drug-likeness (QED) is 0.196. The molecule has 0 aliphatic rings. The van der Waals surface area contributed by atoms with Gasteiger partial charge in [0.1, 0.15) is 18.3 Å². The third-order valence-corrected chi connectivity index (χ3v) is 9.13. The third-order valence-electron chi connectivity index (χ3n) is 7.35. The Balaban J connectivity index is 1.82. The second-order valence-electron chi connectivity index (χ2n) is 11.4. The lowest BCUT2D eigenvalue weighted by molar-refractivity contribution is -0.140. The number of ether oxygens (including phenoxy) is 1. The van der Waals surface area contributed by atoms with Crippen LogP contribution in [0, 0.1) is 12.8 Å². The maximum atomic E-state index is 14.6. The number of methoxy groups -OCH3 is 1. The number of anilines is 1. The third kappa shape index (κ3) is 8.73. The van der Waals surface area contributed by atoms with Crippen LogP contribution in [0.4, 0.5) is 5.69 Å². The summed E-state index contributed by atoms with van der Waals surface area (Å²) in [6, 6.07) is 31.0. The molecule has 0 heterocycles. The van der Waals surface area contributed by atoms with Crippen molar-refractivity contribution < 1.29 is 22.7 Å². The van der Waals surface area contributed by atoms with E-state index in [1.807, 2.05) is 75.4 Å². The van der Waals surface area contributed by atoms with Crippen molar-refractivity contribution in [3.8, 4) is 5.75 Å². The zero-order valence-corrected chi connectivity index (χ0v) is 27.0. The van der Waals surface area contributed by atoms with Gasteiger partial charge in [0, 0.05) is 19.5 Å². The highest BCUT2D eigenvalue weighted by Crippen LogP contribution is 2.32. The van der Waals surface area contributed by atoms with Crippen LogP contribution in [0.1, 0.15) is 30.5 Å². The van der Waals surface area contributed by atoms with Gasteiger partial charge in [-0.15, -0.1) is 0 Å². The van der Waals surface area contributed by atoms with Crippen LogP contribution in [-0.4, -0.2) is 51.4 Å². The van der Waals surface area contributed by atoms with Gasteiger partial charge in [-0.05, 0) is 48.2 Å².